The summed E-state index contributed by atoms with van der Waals surface area (Å²) >= 11 is 3.10. The number of aryl methyl sites for hydroxylation is 1. The summed E-state index contributed by atoms with van der Waals surface area (Å²) in [6, 6.07) is 13.7. The first-order chi connectivity index (χ1) is 11.5. The van der Waals surface area contributed by atoms with Crippen LogP contribution >= 0.6 is 15.9 Å². The molecule has 3 rings (SSSR count). The molecule has 0 atom stereocenters. The lowest BCUT2D eigenvalue weighted by atomic mass is 9.99. The molecule has 0 aliphatic heterocycles. The molecule has 3 nitrogen and oxygen atoms in total. The number of carbonyl (C=O) groups excluding carboxylic acids is 1. The molecule has 0 radical (unpaired) electrons. The minimum Gasteiger partial charge on any atom is -0.358 e. The highest BCUT2D eigenvalue weighted by atomic mass is 79.9. The Balaban J connectivity index is 2.09. The third-order valence-electron chi connectivity index (χ3n) is 3.74. The van der Waals surface area contributed by atoms with Gasteiger partial charge in [-0.15, -0.1) is 0 Å². The number of halogens is 2. The number of hydrogen-bond acceptors (Lipinski definition) is 2. The Hall–Kier alpha value is -2.71. The summed E-state index contributed by atoms with van der Waals surface area (Å²) in [7, 11) is 0. The molecule has 0 fully saturated rings. The molecule has 1 heterocycles. The third kappa shape index (κ3) is 2.89. The summed E-state index contributed by atoms with van der Waals surface area (Å²) < 4.78 is 13.6. The van der Waals surface area contributed by atoms with E-state index < -0.39 is 5.82 Å². The summed E-state index contributed by atoms with van der Waals surface area (Å²) in [5.41, 5.74) is 2.62. The lowest BCUT2D eigenvalue weighted by molar-refractivity contribution is 0.104. The second kappa shape index (κ2) is 6.42. The van der Waals surface area contributed by atoms with Gasteiger partial charge in [0.15, 0.2) is 0 Å². The van der Waals surface area contributed by atoms with Gasteiger partial charge in [-0.25, -0.2) is 4.39 Å². The van der Waals surface area contributed by atoms with Crippen molar-refractivity contribution in [2.24, 2.45) is 0 Å². The van der Waals surface area contributed by atoms with Crippen molar-refractivity contribution in [1.29, 1.82) is 5.26 Å². The second-order valence-corrected chi connectivity index (χ2v) is 6.20. The van der Waals surface area contributed by atoms with Crippen molar-refractivity contribution in [2.75, 3.05) is 0 Å². The molecule has 0 bridgehead atoms. The van der Waals surface area contributed by atoms with Gasteiger partial charge in [-0.05, 0) is 52.7 Å². The van der Waals surface area contributed by atoms with E-state index in [9.17, 15) is 14.4 Å². The highest BCUT2D eigenvalue weighted by molar-refractivity contribution is 9.10. The van der Waals surface area contributed by atoms with Crippen LogP contribution in [-0.4, -0.2) is 10.8 Å². The van der Waals surface area contributed by atoms with Crippen LogP contribution in [0.1, 0.15) is 21.6 Å². The third-order valence-corrected chi connectivity index (χ3v) is 4.35. The van der Waals surface area contributed by atoms with E-state index in [-0.39, 0.29) is 15.8 Å². The van der Waals surface area contributed by atoms with Crippen LogP contribution in [0.3, 0.4) is 0 Å². The number of benzene rings is 2. The summed E-state index contributed by atoms with van der Waals surface area (Å²) in [6.45, 7) is 1.80. The average molecular weight is 383 g/mol. The van der Waals surface area contributed by atoms with E-state index in [0.717, 1.165) is 10.9 Å². The summed E-state index contributed by atoms with van der Waals surface area (Å²) in [5.74, 6) is -0.752. The molecular formula is C19H12BrFN2O. The fraction of sp³-hybridized carbons (Fsp3) is 0.0526. The molecule has 0 aliphatic rings. The van der Waals surface area contributed by atoms with Crippen LogP contribution in [0.5, 0.6) is 0 Å². The number of aromatic amines is 1. The number of nitrogens with one attached hydrogen (secondary N) is 1. The normalized spacial score (nSPS) is 11.5. The van der Waals surface area contributed by atoms with Gasteiger partial charge in [-0.3, -0.25) is 4.79 Å². The first-order valence-electron chi connectivity index (χ1n) is 7.20. The molecule has 5 heteroatoms. The van der Waals surface area contributed by atoms with Crippen molar-refractivity contribution < 1.29 is 9.18 Å². The molecule has 0 spiro atoms. The van der Waals surface area contributed by atoms with Crippen LogP contribution in [-0.2, 0) is 0 Å². The Morgan fingerprint density at radius 3 is 2.75 bits per heavy atom. The fourth-order valence-electron chi connectivity index (χ4n) is 2.62. The molecule has 0 amide bonds. The van der Waals surface area contributed by atoms with E-state index in [2.05, 4.69) is 20.9 Å². The number of para-hydroxylation sites is 1. The number of carbonyl (C=O) groups is 1. The van der Waals surface area contributed by atoms with E-state index in [0.29, 0.717) is 16.8 Å². The average Bonchev–Trinajstić information content (AvgIpc) is 2.91. The minimum absolute atomic E-state index is 0.00126. The van der Waals surface area contributed by atoms with E-state index in [1.165, 1.54) is 24.3 Å². The van der Waals surface area contributed by atoms with Gasteiger partial charge in [-0.2, -0.15) is 5.26 Å². The van der Waals surface area contributed by atoms with Crippen LogP contribution in [0.4, 0.5) is 4.39 Å². The molecule has 1 aromatic heterocycles. The molecular weight excluding hydrogens is 371 g/mol. The number of hydrogen-bond donors (Lipinski definition) is 1. The maximum absolute atomic E-state index is 13.3. The summed E-state index contributed by atoms with van der Waals surface area (Å²) in [5, 5.41) is 10.2. The number of ketones is 1. The van der Waals surface area contributed by atoms with Gasteiger partial charge in [0.1, 0.15) is 17.5 Å². The zero-order valence-corrected chi connectivity index (χ0v) is 14.3. The van der Waals surface area contributed by atoms with Gasteiger partial charge in [0.2, 0.25) is 5.78 Å². The Kier molecular flexibility index (Phi) is 4.32. The zero-order valence-electron chi connectivity index (χ0n) is 12.7. The molecule has 3 aromatic rings. The monoisotopic (exact) mass is 382 g/mol. The van der Waals surface area contributed by atoms with E-state index in [1.807, 2.05) is 30.3 Å². The number of fused-ring (bicyclic) bond motifs is 1. The van der Waals surface area contributed by atoms with Gasteiger partial charge in [0.25, 0.3) is 0 Å². The van der Waals surface area contributed by atoms with Crippen LogP contribution in [0.25, 0.3) is 17.0 Å². The molecule has 2 aromatic carbocycles. The highest BCUT2D eigenvalue weighted by Gasteiger charge is 2.19. The van der Waals surface area contributed by atoms with E-state index >= 15 is 0 Å². The number of nitriles is 1. The fourth-order valence-corrected chi connectivity index (χ4v) is 3.02. The predicted octanol–water partition coefficient (Wildman–Crippen LogP) is 5.17. The number of allylic oxidation sites excluding steroid dienone is 1. The quantitative estimate of drug-likeness (QED) is 0.386. The lowest BCUT2D eigenvalue weighted by Crippen LogP contribution is -2.03. The Bertz CT molecular complexity index is 1030. The van der Waals surface area contributed by atoms with Gasteiger partial charge in [-0.1, -0.05) is 24.3 Å². The van der Waals surface area contributed by atoms with Crippen molar-refractivity contribution >= 4 is 38.7 Å². The van der Waals surface area contributed by atoms with Crippen molar-refractivity contribution in [3.63, 3.8) is 0 Å². The number of nitrogens with zero attached hydrogens (tertiary/aromatic N) is 1. The summed E-state index contributed by atoms with van der Waals surface area (Å²) in [4.78, 5) is 16.0. The lowest BCUT2D eigenvalue weighted by Gasteiger charge is -2.02. The number of H-pyrrole nitrogens is 1. The van der Waals surface area contributed by atoms with Gasteiger partial charge in [0, 0.05) is 16.6 Å². The predicted molar refractivity (Wildman–Crippen MR) is 95.1 cm³/mol. The smallest absolute Gasteiger partial charge is 0.205 e. The Morgan fingerprint density at radius 2 is 2.04 bits per heavy atom. The van der Waals surface area contributed by atoms with Gasteiger partial charge < -0.3 is 4.98 Å². The zero-order chi connectivity index (χ0) is 17.3. The summed E-state index contributed by atoms with van der Waals surface area (Å²) in [6.07, 6.45) is 1.47. The first-order valence-corrected chi connectivity index (χ1v) is 7.99. The first kappa shape index (κ1) is 16.2. The second-order valence-electron chi connectivity index (χ2n) is 5.34. The number of rotatable bonds is 3. The van der Waals surface area contributed by atoms with Crippen molar-refractivity contribution in [3.05, 3.63) is 75.1 Å². The number of Topliss-reactive ketones (excluding diaryl/α,β-unsaturated/α-hetero) is 1. The molecule has 0 aliphatic carbocycles. The van der Waals surface area contributed by atoms with Crippen LogP contribution in [0, 0.1) is 24.1 Å². The molecule has 24 heavy (non-hydrogen) atoms. The maximum Gasteiger partial charge on any atom is 0.205 e. The SMILES string of the molecule is Cc1[nH]c2ccccc2c1C(=O)/C(C#N)=C/c1ccc(F)c(Br)c1. The topological polar surface area (TPSA) is 56.6 Å². The molecule has 0 saturated carbocycles. The highest BCUT2D eigenvalue weighted by Crippen LogP contribution is 2.26. The maximum atomic E-state index is 13.3. The molecule has 0 saturated heterocycles. The number of aromatic nitrogens is 1. The van der Waals surface area contributed by atoms with Crippen LogP contribution in [0.15, 0.2) is 52.5 Å². The van der Waals surface area contributed by atoms with Crippen molar-refractivity contribution in [2.45, 2.75) is 6.92 Å². The van der Waals surface area contributed by atoms with Crippen molar-refractivity contribution in [3.8, 4) is 6.07 Å². The van der Waals surface area contributed by atoms with Gasteiger partial charge in [0.05, 0.1) is 10.0 Å². The van der Waals surface area contributed by atoms with Crippen LogP contribution in [0.2, 0.25) is 0 Å². The molecule has 0 unspecified atom stereocenters. The van der Waals surface area contributed by atoms with E-state index in [4.69, 9.17) is 0 Å². The standard InChI is InChI=1S/C19H12BrFN2O/c1-11-18(14-4-2-3-5-17(14)23-11)19(24)13(10-22)8-12-6-7-16(21)15(20)9-12/h2-9,23H,1H3/b13-8+. The van der Waals surface area contributed by atoms with Gasteiger partial charge >= 0.3 is 0 Å². The Morgan fingerprint density at radius 1 is 1.29 bits per heavy atom. The molecule has 118 valence electrons. The molecule has 1 N–H and O–H groups in total. The van der Waals surface area contributed by atoms with E-state index in [1.54, 1.807) is 6.92 Å². The Labute approximate surface area is 146 Å². The largest absolute Gasteiger partial charge is 0.358 e. The minimum atomic E-state index is -0.399. The van der Waals surface area contributed by atoms with Crippen LogP contribution < -0.4 is 0 Å². The van der Waals surface area contributed by atoms with Crippen molar-refractivity contribution in [1.82, 2.24) is 4.98 Å².